The zero-order chi connectivity index (χ0) is 6.97. The fourth-order valence-corrected chi connectivity index (χ4v) is 1.22. The second kappa shape index (κ2) is 2.16. The van der Waals surface area contributed by atoms with Crippen molar-refractivity contribution in [1.82, 2.24) is 10.2 Å². The van der Waals surface area contributed by atoms with Gasteiger partial charge >= 0.3 is 6.01 Å². The highest BCUT2D eigenvalue weighted by Gasteiger charge is 2.27. The maximum Gasteiger partial charge on any atom is 0.318 e. The van der Waals surface area contributed by atoms with Gasteiger partial charge in [0, 0.05) is 6.54 Å². The quantitative estimate of drug-likeness (QED) is 0.604. The molecule has 4 nitrogen and oxygen atoms in total. The molecule has 0 aromatic carbocycles. The summed E-state index contributed by atoms with van der Waals surface area (Å²) < 4.78 is 4.96. The van der Waals surface area contributed by atoms with Crippen molar-refractivity contribution >= 4 is 18.6 Å². The third kappa shape index (κ3) is 0.775. The molecule has 10 heavy (non-hydrogen) atoms. The van der Waals surface area contributed by atoms with Crippen molar-refractivity contribution in [2.45, 2.75) is 11.8 Å². The second-order valence-electron chi connectivity index (χ2n) is 2.18. The van der Waals surface area contributed by atoms with E-state index >= 15 is 0 Å². The first-order valence-corrected chi connectivity index (χ1v) is 3.60. The van der Waals surface area contributed by atoms with Crippen LogP contribution in [-0.4, -0.2) is 22.1 Å². The highest BCUT2D eigenvalue weighted by Crippen LogP contribution is 2.25. The van der Waals surface area contributed by atoms with Gasteiger partial charge in [0.15, 0.2) is 0 Å². The lowest BCUT2D eigenvalue weighted by Crippen LogP contribution is -2.44. The van der Waals surface area contributed by atoms with Crippen LogP contribution in [0.2, 0.25) is 0 Å². The Morgan fingerprint density at radius 3 is 3.10 bits per heavy atom. The SMILES string of the molecule is SC1CCN1c1nnco1. The summed E-state index contributed by atoms with van der Waals surface area (Å²) in [5.41, 5.74) is 0. The van der Waals surface area contributed by atoms with Crippen LogP contribution in [0.3, 0.4) is 0 Å². The predicted molar refractivity (Wildman–Crippen MR) is 39.0 cm³/mol. The Morgan fingerprint density at radius 2 is 2.70 bits per heavy atom. The van der Waals surface area contributed by atoms with Gasteiger partial charge in [0.25, 0.3) is 0 Å². The van der Waals surface area contributed by atoms with Crippen molar-refractivity contribution in [2.24, 2.45) is 0 Å². The van der Waals surface area contributed by atoms with E-state index in [1.54, 1.807) is 0 Å². The fraction of sp³-hybridized carbons (Fsp3) is 0.600. The van der Waals surface area contributed by atoms with E-state index in [0.717, 1.165) is 13.0 Å². The molecule has 1 aromatic heterocycles. The molecule has 1 aromatic rings. The van der Waals surface area contributed by atoms with E-state index in [9.17, 15) is 0 Å². The molecule has 1 fully saturated rings. The van der Waals surface area contributed by atoms with E-state index in [2.05, 4.69) is 22.8 Å². The number of nitrogens with zero attached hydrogens (tertiary/aromatic N) is 3. The summed E-state index contributed by atoms with van der Waals surface area (Å²) in [4.78, 5) is 1.95. The number of aromatic nitrogens is 2. The van der Waals surface area contributed by atoms with Gasteiger partial charge in [0.05, 0.1) is 5.37 Å². The molecule has 0 aliphatic carbocycles. The number of hydrogen-bond donors (Lipinski definition) is 1. The van der Waals surface area contributed by atoms with Gasteiger partial charge in [-0.2, -0.15) is 12.6 Å². The van der Waals surface area contributed by atoms with Crippen LogP contribution in [0.25, 0.3) is 0 Å². The molecule has 1 atom stereocenters. The lowest BCUT2D eigenvalue weighted by atomic mass is 10.2. The predicted octanol–water partition coefficient (Wildman–Crippen LogP) is 0.536. The minimum atomic E-state index is 0.264. The molecule has 0 amide bonds. The molecule has 1 unspecified atom stereocenters. The van der Waals surface area contributed by atoms with E-state index in [1.165, 1.54) is 6.39 Å². The van der Waals surface area contributed by atoms with Crippen molar-refractivity contribution in [1.29, 1.82) is 0 Å². The molecule has 2 heterocycles. The first kappa shape index (κ1) is 6.03. The summed E-state index contributed by atoms with van der Waals surface area (Å²) in [5.74, 6) is 0. The Hall–Kier alpha value is -0.710. The van der Waals surface area contributed by atoms with Gasteiger partial charge in [-0.1, -0.05) is 5.10 Å². The van der Waals surface area contributed by atoms with Crippen LogP contribution in [0, 0.1) is 0 Å². The summed E-state index contributed by atoms with van der Waals surface area (Å²) in [7, 11) is 0. The van der Waals surface area contributed by atoms with Crippen molar-refractivity contribution in [2.75, 3.05) is 11.4 Å². The van der Waals surface area contributed by atoms with Crippen molar-refractivity contribution in [3.8, 4) is 0 Å². The summed E-state index contributed by atoms with van der Waals surface area (Å²) >= 11 is 4.26. The number of rotatable bonds is 1. The fourth-order valence-electron chi connectivity index (χ4n) is 0.889. The third-order valence-corrected chi connectivity index (χ3v) is 2.12. The average molecular weight is 157 g/mol. The molecule has 5 heteroatoms. The van der Waals surface area contributed by atoms with Gasteiger partial charge in [-0.3, -0.25) is 0 Å². The van der Waals surface area contributed by atoms with E-state index in [0.29, 0.717) is 6.01 Å². The summed E-state index contributed by atoms with van der Waals surface area (Å²) in [5, 5.41) is 7.58. The molecular formula is C5H7N3OS. The summed E-state index contributed by atoms with van der Waals surface area (Å²) in [6.45, 7) is 0.969. The van der Waals surface area contributed by atoms with Crippen LogP contribution in [0.4, 0.5) is 6.01 Å². The lowest BCUT2D eigenvalue weighted by molar-refractivity contribution is 0.472. The van der Waals surface area contributed by atoms with Crippen LogP contribution in [0.5, 0.6) is 0 Å². The molecule has 54 valence electrons. The van der Waals surface area contributed by atoms with E-state index < -0.39 is 0 Å². The highest BCUT2D eigenvalue weighted by molar-refractivity contribution is 7.81. The Balaban J connectivity index is 2.14. The minimum absolute atomic E-state index is 0.264. The maximum absolute atomic E-state index is 4.96. The van der Waals surface area contributed by atoms with Gasteiger partial charge in [0.2, 0.25) is 6.39 Å². The van der Waals surface area contributed by atoms with Crippen molar-refractivity contribution in [3.63, 3.8) is 0 Å². The van der Waals surface area contributed by atoms with Gasteiger partial charge in [0.1, 0.15) is 0 Å². The zero-order valence-electron chi connectivity index (χ0n) is 5.27. The molecule has 1 aliphatic rings. The van der Waals surface area contributed by atoms with Crippen LogP contribution >= 0.6 is 12.6 Å². The largest absolute Gasteiger partial charge is 0.411 e. The topological polar surface area (TPSA) is 42.2 Å². The van der Waals surface area contributed by atoms with Crippen LogP contribution in [0.15, 0.2) is 10.8 Å². The zero-order valence-corrected chi connectivity index (χ0v) is 6.16. The maximum atomic E-state index is 4.96. The van der Waals surface area contributed by atoms with Crippen molar-refractivity contribution in [3.05, 3.63) is 6.39 Å². The molecule has 0 bridgehead atoms. The monoisotopic (exact) mass is 157 g/mol. The third-order valence-electron chi connectivity index (χ3n) is 1.58. The molecule has 0 radical (unpaired) electrons. The first-order valence-electron chi connectivity index (χ1n) is 3.09. The van der Waals surface area contributed by atoms with Gasteiger partial charge < -0.3 is 9.32 Å². The number of anilines is 1. The number of thiol groups is 1. The minimum Gasteiger partial charge on any atom is -0.411 e. The Bertz CT molecular complexity index is 213. The first-order chi connectivity index (χ1) is 4.88. The standard InChI is InChI=1S/C5H7N3OS/c10-4-1-2-8(4)5-7-6-3-9-5/h3-4,10H,1-2H2. The molecule has 1 aliphatic heterocycles. The molecule has 0 N–H and O–H groups in total. The normalized spacial score (nSPS) is 24.5. The van der Waals surface area contributed by atoms with Crippen LogP contribution < -0.4 is 4.90 Å². The highest BCUT2D eigenvalue weighted by atomic mass is 32.1. The van der Waals surface area contributed by atoms with E-state index in [-0.39, 0.29) is 5.37 Å². The molecular weight excluding hydrogens is 150 g/mol. The van der Waals surface area contributed by atoms with E-state index in [1.807, 2.05) is 4.90 Å². The van der Waals surface area contributed by atoms with Crippen LogP contribution in [0.1, 0.15) is 6.42 Å². The average Bonchev–Trinajstić information content (AvgIpc) is 2.37. The molecule has 0 saturated carbocycles. The van der Waals surface area contributed by atoms with Gasteiger partial charge in [-0.15, -0.1) is 5.10 Å². The van der Waals surface area contributed by atoms with E-state index in [4.69, 9.17) is 4.42 Å². The van der Waals surface area contributed by atoms with Gasteiger partial charge in [-0.05, 0) is 6.42 Å². The van der Waals surface area contributed by atoms with Crippen molar-refractivity contribution < 1.29 is 4.42 Å². The summed E-state index contributed by atoms with van der Waals surface area (Å²) in [6, 6.07) is 0.575. The number of hydrogen-bond acceptors (Lipinski definition) is 5. The van der Waals surface area contributed by atoms with Crippen LogP contribution in [-0.2, 0) is 0 Å². The van der Waals surface area contributed by atoms with Gasteiger partial charge in [-0.25, -0.2) is 0 Å². The molecule has 1 saturated heterocycles. The smallest absolute Gasteiger partial charge is 0.318 e. The Labute approximate surface area is 63.6 Å². The second-order valence-corrected chi connectivity index (χ2v) is 2.78. The molecule has 0 spiro atoms. The molecule has 2 rings (SSSR count). The Morgan fingerprint density at radius 1 is 1.80 bits per heavy atom. The lowest BCUT2D eigenvalue weighted by Gasteiger charge is -2.35. The summed E-state index contributed by atoms with van der Waals surface area (Å²) in [6.07, 6.45) is 2.42. The Kier molecular flexibility index (Phi) is 1.30.